The van der Waals surface area contributed by atoms with Crippen LogP contribution < -0.4 is 4.90 Å². The van der Waals surface area contributed by atoms with Gasteiger partial charge in [-0.15, -0.1) is 0 Å². The number of rotatable bonds is 4. The van der Waals surface area contributed by atoms with Gasteiger partial charge in [0.2, 0.25) is 0 Å². The maximum atomic E-state index is 4.46. The van der Waals surface area contributed by atoms with Crippen molar-refractivity contribution in [2.24, 2.45) is 5.92 Å². The van der Waals surface area contributed by atoms with E-state index in [0.29, 0.717) is 0 Å². The number of aromatic amines is 1. The number of aromatic nitrogens is 3. The van der Waals surface area contributed by atoms with E-state index in [1.807, 2.05) is 6.20 Å². The van der Waals surface area contributed by atoms with Crippen molar-refractivity contribution >= 4 is 16.9 Å². The lowest BCUT2D eigenvalue weighted by Gasteiger charge is -2.32. The Morgan fingerprint density at radius 3 is 3.00 bits per heavy atom. The van der Waals surface area contributed by atoms with Crippen LogP contribution in [0.15, 0.2) is 18.6 Å². The van der Waals surface area contributed by atoms with Crippen LogP contribution in [-0.2, 0) is 0 Å². The molecule has 1 N–H and O–H groups in total. The van der Waals surface area contributed by atoms with E-state index in [1.165, 1.54) is 19.3 Å². The molecule has 90 valence electrons. The molecule has 0 amide bonds. The van der Waals surface area contributed by atoms with E-state index in [1.54, 1.807) is 6.33 Å². The molecule has 0 radical (unpaired) electrons. The zero-order valence-corrected chi connectivity index (χ0v) is 10.2. The molecule has 1 fully saturated rings. The van der Waals surface area contributed by atoms with Crippen LogP contribution in [0.5, 0.6) is 0 Å². The van der Waals surface area contributed by atoms with Gasteiger partial charge in [-0.25, -0.2) is 9.97 Å². The van der Waals surface area contributed by atoms with E-state index in [2.05, 4.69) is 32.8 Å². The number of fused-ring (bicyclic) bond motifs is 1. The van der Waals surface area contributed by atoms with Gasteiger partial charge in [0, 0.05) is 19.3 Å². The first-order valence-corrected chi connectivity index (χ1v) is 6.41. The molecule has 0 unspecified atom stereocenters. The summed E-state index contributed by atoms with van der Waals surface area (Å²) in [6, 6.07) is 2.06. The summed E-state index contributed by atoms with van der Waals surface area (Å²) in [5.74, 6) is 1.93. The van der Waals surface area contributed by atoms with Crippen molar-refractivity contribution in [3.63, 3.8) is 0 Å². The van der Waals surface area contributed by atoms with E-state index in [-0.39, 0.29) is 0 Å². The maximum Gasteiger partial charge on any atom is 0.142 e. The Balaban J connectivity index is 1.91. The van der Waals surface area contributed by atoms with Crippen molar-refractivity contribution in [2.45, 2.75) is 26.2 Å². The molecule has 0 atom stereocenters. The normalized spacial score (nSPS) is 16.1. The molecule has 2 heterocycles. The fourth-order valence-corrected chi connectivity index (χ4v) is 2.46. The second-order valence-electron chi connectivity index (χ2n) is 4.77. The van der Waals surface area contributed by atoms with Crippen molar-refractivity contribution in [1.29, 1.82) is 0 Å². The second-order valence-corrected chi connectivity index (χ2v) is 4.77. The van der Waals surface area contributed by atoms with Crippen molar-refractivity contribution < 1.29 is 0 Å². The molecule has 4 nitrogen and oxygen atoms in total. The van der Waals surface area contributed by atoms with Gasteiger partial charge in [-0.2, -0.15) is 0 Å². The zero-order chi connectivity index (χ0) is 11.7. The fraction of sp³-hybridized carbons (Fsp3) is 0.538. The monoisotopic (exact) mass is 230 g/mol. The van der Waals surface area contributed by atoms with E-state index >= 15 is 0 Å². The van der Waals surface area contributed by atoms with Gasteiger partial charge < -0.3 is 9.88 Å². The van der Waals surface area contributed by atoms with Gasteiger partial charge in [0.1, 0.15) is 17.8 Å². The Labute approximate surface area is 101 Å². The number of anilines is 1. The third-order valence-corrected chi connectivity index (χ3v) is 3.72. The molecule has 0 spiro atoms. The topological polar surface area (TPSA) is 44.8 Å². The Morgan fingerprint density at radius 1 is 1.41 bits per heavy atom. The van der Waals surface area contributed by atoms with Crippen LogP contribution in [0.2, 0.25) is 0 Å². The fourth-order valence-electron chi connectivity index (χ4n) is 2.46. The summed E-state index contributed by atoms with van der Waals surface area (Å²) < 4.78 is 0. The van der Waals surface area contributed by atoms with Crippen LogP contribution in [0.1, 0.15) is 26.2 Å². The van der Waals surface area contributed by atoms with Gasteiger partial charge in [-0.3, -0.25) is 0 Å². The van der Waals surface area contributed by atoms with Gasteiger partial charge in [0.15, 0.2) is 0 Å². The molecule has 0 bridgehead atoms. The predicted molar refractivity (Wildman–Crippen MR) is 69.1 cm³/mol. The van der Waals surface area contributed by atoms with E-state index in [0.717, 1.165) is 35.9 Å². The molecule has 1 aliphatic rings. The lowest BCUT2D eigenvalue weighted by atomic mass is 9.85. The average Bonchev–Trinajstić information content (AvgIpc) is 2.76. The van der Waals surface area contributed by atoms with E-state index in [4.69, 9.17) is 0 Å². The number of nitrogens with zero attached hydrogens (tertiary/aromatic N) is 3. The number of hydrogen-bond donors (Lipinski definition) is 1. The van der Waals surface area contributed by atoms with Crippen molar-refractivity contribution in [3.05, 3.63) is 18.6 Å². The van der Waals surface area contributed by atoms with Gasteiger partial charge >= 0.3 is 0 Å². The summed E-state index contributed by atoms with van der Waals surface area (Å²) in [4.78, 5) is 14.2. The Morgan fingerprint density at radius 2 is 2.29 bits per heavy atom. The van der Waals surface area contributed by atoms with Crippen molar-refractivity contribution in [3.8, 4) is 0 Å². The molecule has 0 saturated heterocycles. The third-order valence-electron chi connectivity index (χ3n) is 3.72. The third kappa shape index (κ3) is 1.88. The van der Waals surface area contributed by atoms with Crippen LogP contribution in [0, 0.1) is 5.92 Å². The molecule has 2 aromatic heterocycles. The van der Waals surface area contributed by atoms with Crippen LogP contribution >= 0.6 is 0 Å². The SMILES string of the molecule is CCN(CC1CCC1)c1ncnc2[nH]ccc12. The number of nitrogens with one attached hydrogen (secondary N) is 1. The summed E-state index contributed by atoms with van der Waals surface area (Å²) in [6.07, 6.45) is 7.72. The van der Waals surface area contributed by atoms with Crippen LogP contribution in [0.4, 0.5) is 5.82 Å². The van der Waals surface area contributed by atoms with Gasteiger partial charge in [-0.05, 0) is 31.7 Å². The minimum absolute atomic E-state index is 0.860. The molecule has 1 aliphatic carbocycles. The van der Waals surface area contributed by atoms with Gasteiger partial charge in [0.25, 0.3) is 0 Å². The molecular weight excluding hydrogens is 212 g/mol. The molecule has 4 heteroatoms. The van der Waals surface area contributed by atoms with Crippen molar-refractivity contribution in [1.82, 2.24) is 15.0 Å². The maximum absolute atomic E-state index is 4.46. The highest BCUT2D eigenvalue weighted by atomic mass is 15.2. The highest BCUT2D eigenvalue weighted by Crippen LogP contribution is 2.30. The molecule has 17 heavy (non-hydrogen) atoms. The summed E-state index contributed by atoms with van der Waals surface area (Å²) in [6.45, 7) is 4.33. The molecule has 1 saturated carbocycles. The number of hydrogen-bond acceptors (Lipinski definition) is 3. The number of H-pyrrole nitrogens is 1. The Hall–Kier alpha value is -1.58. The molecule has 3 rings (SSSR count). The molecule has 0 aliphatic heterocycles. The summed E-state index contributed by atoms with van der Waals surface area (Å²) in [5.41, 5.74) is 0.932. The minimum atomic E-state index is 0.860. The first-order chi connectivity index (χ1) is 8.38. The van der Waals surface area contributed by atoms with Gasteiger partial charge in [0.05, 0.1) is 5.39 Å². The summed E-state index contributed by atoms with van der Waals surface area (Å²) in [5, 5.41) is 1.13. The smallest absolute Gasteiger partial charge is 0.142 e. The van der Waals surface area contributed by atoms with Crippen LogP contribution in [0.25, 0.3) is 11.0 Å². The molecule has 2 aromatic rings. The Kier molecular flexibility index (Phi) is 2.71. The van der Waals surface area contributed by atoms with Gasteiger partial charge in [-0.1, -0.05) is 6.42 Å². The van der Waals surface area contributed by atoms with E-state index in [9.17, 15) is 0 Å². The Bertz CT molecular complexity index is 501. The zero-order valence-electron chi connectivity index (χ0n) is 10.2. The molecular formula is C13H18N4. The quantitative estimate of drug-likeness (QED) is 0.878. The van der Waals surface area contributed by atoms with Crippen molar-refractivity contribution in [2.75, 3.05) is 18.0 Å². The highest BCUT2D eigenvalue weighted by molar-refractivity contribution is 5.87. The predicted octanol–water partition coefficient (Wildman–Crippen LogP) is 2.58. The largest absolute Gasteiger partial charge is 0.356 e. The highest BCUT2D eigenvalue weighted by Gasteiger charge is 2.21. The molecule has 0 aromatic carbocycles. The van der Waals surface area contributed by atoms with Crippen LogP contribution in [0.3, 0.4) is 0 Å². The second kappa shape index (κ2) is 4.35. The average molecular weight is 230 g/mol. The first kappa shape index (κ1) is 10.6. The standard InChI is InChI=1S/C13H18N4/c1-2-17(8-10-4-3-5-10)13-11-6-7-14-12(11)15-9-16-13/h6-7,9-10H,2-5,8H2,1H3,(H,14,15,16). The van der Waals surface area contributed by atoms with E-state index < -0.39 is 0 Å². The minimum Gasteiger partial charge on any atom is -0.356 e. The first-order valence-electron chi connectivity index (χ1n) is 6.41. The van der Waals surface area contributed by atoms with Crippen LogP contribution in [-0.4, -0.2) is 28.0 Å². The lowest BCUT2D eigenvalue weighted by Crippen LogP contribution is -2.33. The summed E-state index contributed by atoms with van der Waals surface area (Å²) >= 11 is 0. The lowest BCUT2D eigenvalue weighted by molar-refractivity contribution is 0.318. The summed E-state index contributed by atoms with van der Waals surface area (Å²) in [7, 11) is 0.